The fourth-order valence-electron chi connectivity index (χ4n) is 1.52. The average molecular weight is 317 g/mol. The van der Waals surface area contributed by atoms with Gasteiger partial charge in [0.05, 0.1) is 13.2 Å². The third kappa shape index (κ3) is 8.52. The third-order valence-electron chi connectivity index (χ3n) is 2.53. The van der Waals surface area contributed by atoms with Crippen LogP contribution in [0.25, 0.3) is 0 Å². The van der Waals surface area contributed by atoms with Crippen LogP contribution in [-0.2, 0) is 9.53 Å². The van der Waals surface area contributed by atoms with Gasteiger partial charge in [-0.3, -0.25) is 4.79 Å². The molecule has 0 aliphatic heterocycles. The van der Waals surface area contributed by atoms with Crippen molar-refractivity contribution in [1.82, 2.24) is 10.6 Å². The second kappa shape index (κ2) is 10.4. The van der Waals surface area contributed by atoms with Crippen LogP contribution in [0.4, 0.5) is 0 Å². The molecule has 1 unspecified atom stereocenters. The lowest BCUT2D eigenvalue weighted by molar-refractivity contribution is -0.120. The maximum absolute atomic E-state index is 11.4. The average Bonchev–Trinajstić information content (AvgIpc) is 2.45. The smallest absolute Gasteiger partial charge is 0.234 e. The summed E-state index contributed by atoms with van der Waals surface area (Å²) in [6.07, 6.45) is -0.712. The van der Waals surface area contributed by atoms with E-state index in [4.69, 9.17) is 21.1 Å². The van der Waals surface area contributed by atoms with Crippen LogP contribution in [-0.4, -0.2) is 57.1 Å². The number of amides is 1. The molecule has 6 nitrogen and oxygen atoms in total. The molecule has 3 N–H and O–H groups in total. The van der Waals surface area contributed by atoms with Gasteiger partial charge in [-0.2, -0.15) is 0 Å². The van der Waals surface area contributed by atoms with Crippen molar-refractivity contribution in [2.24, 2.45) is 0 Å². The lowest BCUT2D eigenvalue weighted by Gasteiger charge is -2.13. The second-order valence-electron chi connectivity index (χ2n) is 4.40. The summed E-state index contributed by atoms with van der Waals surface area (Å²) >= 11 is 5.82. The Bertz CT molecular complexity index is 431. The Morgan fingerprint density at radius 2 is 2.29 bits per heavy atom. The number of ether oxygens (including phenoxy) is 2. The minimum absolute atomic E-state index is 0.124. The Morgan fingerprint density at radius 1 is 1.48 bits per heavy atom. The third-order valence-corrected chi connectivity index (χ3v) is 2.77. The maximum atomic E-state index is 11.4. The lowest BCUT2D eigenvalue weighted by Crippen LogP contribution is -2.39. The number of carbonyl (C=O) groups is 1. The highest BCUT2D eigenvalue weighted by atomic mass is 35.5. The van der Waals surface area contributed by atoms with Crippen molar-refractivity contribution in [3.63, 3.8) is 0 Å². The Labute approximate surface area is 129 Å². The zero-order chi connectivity index (χ0) is 15.5. The molecule has 0 saturated heterocycles. The first kappa shape index (κ1) is 17.7. The van der Waals surface area contributed by atoms with E-state index in [0.29, 0.717) is 23.9 Å². The van der Waals surface area contributed by atoms with E-state index in [1.807, 2.05) is 0 Å². The van der Waals surface area contributed by atoms with E-state index in [-0.39, 0.29) is 25.6 Å². The van der Waals surface area contributed by atoms with Gasteiger partial charge in [0.2, 0.25) is 5.91 Å². The largest absolute Gasteiger partial charge is 0.491 e. The van der Waals surface area contributed by atoms with E-state index >= 15 is 0 Å². The fraction of sp³-hybridized carbons (Fsp3) is 0.500. The molecule has 0 heterocycles. The molecule has 0 aromatic heterocycles. The first-order valence-electron chi connectivity index (χ1n) is 6.64. The number of halogens is 1. The van der Waals surface area contributed by atoms with Crippen molar-refractivity contribution in [2.45, 2.75) is 6.10 Å². The van der Waals surface area contributed by atoms with Crippen LogP contribution >= 0.6 is 11.6 Å². The predicted molar refractivity (Wildman–Crippen MR) is 80.7 cm³/mol. The highest BCUT2D eigenvalue weighted by molar-refractivity contribution is 6.30. The van der Waals surface area contributed by atoms with Crippen LogP contribution in [0.1, 0.15) is 0 Å². The minimum Gasteiger partial charge on any atom is -0.491 e. The van der Waals surface area contributed by atoms with Gasteiger partial charge in [-0.15, -0.1) is 0 Å². The highest BCUT2D eigenvalue weighted by Crippen LogP contribution is 2.17. The van der Waals surface area contributed by atoms with Crippen LogP contribution in [0.5, 0.6) is 5.75 Å². The standard InChI is InChI=1S/C14H21ClN2O4/c1-20-6-5-17-14(19)9-16-8-12(18)10-21-13-4-2-3-11(15)7-13/h2-4,7,12,16,18H,5-6,8-10H2,1H3,(H,17,19). The molecule has 0 fully saturated rings. The molecule has 0 bridgehead atoms. The first-order valence-corrected chi connectivity index (χ1v) is 7.02. The molecule has 1 aromatic rings. The van der Waals surface area contributed by atoms with Gasteiger partial charge in [-0.05, 0) is 18.2 Å². The van der Waals surface area contributed by atoms with Crippen molar-refractivity contribution in [3.8, 4) is 5.75 Å². The van der Waals surface area contributed by atoms with E-state index in [1.165, 1.54) is 0 Å². The van der Waals surface area contributed by atoms with Gasteiger partial charge >= 0.3 is 0 Å². The van der Waals surface area contributed by atoms with Gasteiger partial charge in [0.15, 0.2) is 0 Å². The SMILES string of the molecule is COCCNC(=O)CNCC(O)COc1cccc(Cl)c1. The van der Waals surface area contributed by atoms with Gasteiger partial charge < -0.3 is 25.2 Å². The Balaban J connectivity index is 2.11. The number of aliphatic hydroxyl groups is 1. The van der Waals surface area contributed by atoms with Gasteiger partial charge in [-0.1, -0.05) is 17.7 Å². The molecule has 21 heavy (non-hydrogen) atoms. The van der Waals surface area contributed by atoms with Crippen molar-refractivity contribution in [3.05, 3.63) is 29.3 Å². The zero-order valence-corrected chi connectivity index (χ0v) is 12.7. The summed E-state index contributed by atoms with van der Waals surface area (Å²) in [7, 11) is 1.57. The van der Waals surface area contributed by atoms with E-state index in [1.54, 1.807) is 31.4 Å². The normalized spacial score (nSPS) is 12.0. The number of methoxy groups -OCH3 is 1. The Morgan fingerprint density at radius 3 is 3.00 bits per heavy atom. The molecule has 1 aromatic carbocycles. The number of carbonyl (C=O) groups excluding carboxylic acids is 1. The zero-order valence-electron chi connectivity index (χ0n) is 12.0. The Hall–Kier alpha value is -1.34. The van der Waals surface area contributed by atoms with Crippen molar-refractivity contribution < 1.29 is 19.4 Å². The quantitative estimate of drug-likeness (QED) is 0.546. The predicted octanol–water partition coefficient (Wildman–Crippen LogP) is 0.432. The van der Waals surface area contributed by atoms with Crippen LogP contribution < -0.4 is 15.4 Å². The molecular formula is C14H21ClN2O4. The van der Waals surface area contributed by atoms with Crippen LogP contribution in [0.3, 0.4) is 0 Å². The summed E-state index contributed by atoms with van der Waals surface area (Å²) in [5, 5.41) is 15.8. The summed E-state index contributed by atoms with van der Waals surface area (Å²) in [5.74, 6) is 0.453. The highest BCUT2D eigenvalue weighted by Gasteiger charge is 2.07. The molecule has 0 radical (unpaired) electrons. The molecule has 1 rings (SSSR count). The molecule has 0 saturated carbocycles. The number of hydrogen-bond acceptors (Lipinski definition) is 5. The topological polar surface area (TPSA) is 79.8 Å². The molecule has 1 amide bonds. The maximum Gasteiger partial charge on any atom is 0.234 e. The van der Waals surface area contributed by atoms with Crippen molar-refractivity contribution >= 4 is 17.5 Å². The van der Waals surface area contributed by atoms with E-state index < -0.39 is 6.10 Å². The number of rotatable bonds is 10. The van der Waals surface area contributed by atoms with Crippen molar-refractivity contribution in [1.29, 1.82) is 0 Å². The molecular weight excluding hydrogens is 296 g/mol. The summed E-state index contributed by atoms with van der Waals surface area (Å²) in [6.45, 7) is 1.47. The molecule has 7 heteroatoms. The molecule has 0 aliphatic rings. The summed E-state index contributed by atoms with van der Waals surface area (Å²) in [5.41, 5.74) is 0. The van der Waals surface area contributed by atoms with Crippen LogP contribution in [0.15, 0.2) is 24.3 Å². The van der Waals surface area contributed by atoms with Gasteiger partial charge in [0.1, 0.15) is 18.5 Å². The molecule has 118 valence electrons. The van der Waals surface area contributed by atoms with E-state index in [2.05, 4.69) is 10.6 Å². The van der Waals surface area contributed by atoms with Crippen molar-refractivity contribution in [2.75, 3.05) is 40.0 Å². The Kier molecular flexibility index (Phi) is 8.77. The fourth-order valence-corrected chi connectivity index (χ4v) is 1.70. The summed E-state index contributed by atoms with van der Waals surface area (Å²) in [6, 6.07) is 6.95. The van der Waals surface area contributed by atoms with E-state index in [9.17, 15) is 9.90 Å². The number of aliphatic hydroxyl groups excluding tert-OH is 1. The number of hydrogen-bond donors (Lipinski definition) is 3. The molecule has 0 spiro atoms. The van der Waals surface area contributed by atoms with Gasteiger partial charge in [-0.25, -0.2) is 0 Å². The first-order chi connectivity index (χ1) is 10.1. The van der Waals surface area contributed by atoms with Crippen LogP contribution in [0.2, 0.25) is 5.02 Å². The summed E-state index contributed by atoms with van der Waals surface area (Å²) < 4.78 is 10.2. The molecule has 0 aliphatic carbocycles. The number of nitrogens with one attached hydrogen (secondary N) is 2. The lowest BCUT2D eigenvalue weighted by atomic mass is 10.3. The summed E-state index contributed by atoms with van der Waals surface area (Å²) in [4.78, 5) is 11.4. The van der Waals surface area contributed by atoms with Gasteiger partial charge in [0.25, 0.3) is 0 Å². The van der Waals surface area contributed by atoms with E-state index in [0.717, 1.165) is 0 Å². The monoisotopic (exact) mass is 316 g/mol. The number of benzene rings is 1. The minimum atomic E-state index is -0.712. The van der Waals surface area contributed by atoms with Crippen LogP contribution in [0, 0.1) is 0 Å². The second-order valence-corrected chi connectivity index (χ2v) is 4.83. The van der Waals surface area contributed by atoms with Gasteiger partial charge in [0, 0.05) is 25.2 Å². The molecule has 1 atom stereocenters.